The number of allylic oxidation sites excluding steroid dienone is 8. The number of aryl methyl sites for hydroxylation is 1. The van der Waals surface area contributed by atoms with Gasteiger partial charge in [-0.3, -0.25) is 48.6 Å². The van der Waals surface area contributed by atoms with E-state index in [1.165, 1.54) is 0 Å². The predicted molar refractivity (Wildman–Crippen MR) is 476 cm³/mol. The number of guanidine groups is 1. The number of fused-ring (bicyclic) bond motifs is 2. The van der Waals surface area contributed by atoms with Crippen LogP contribution in [-0.2, 0) is 76.0 Å². The highest BCUT2D eigenvalue weighted by Crippen LogP contribution is 2.49. The molecule has 0 saturated carbocycles. The number of hydrogen-bond donors (Lipinski definition) is 24. The molecule has 0 aromatic heterocycles. The van der Waals surface area contributed by atoms with Gasteiger partial charge >= 0.3 is 5.97 Å². The van der Waals surface area contributed by atoms with Crippen LogP contribution in [-0.4, -0.2) is 280 Å². The number of hydrogen-bond acceptors (Lipinski definition) is 29. The molecule has 0 radical (unpaired) electrons. The number of aliphatic hydroxyl groups excluding tert-OH is 10. The van der Waals surface area contributed by atoms with Crippen molar-refractivity contribution in [2.75, 3.05) is 75.4 Å². The molecule has 706 valence electrons. The Morgan fingerprint density at radius 2 is 1.17 bits per heavy atom. The Hall–Kier alpha value is -10.1. The fraction of sp³-hybridized carbons (Fsp3) is 0.511. The SMILES string of the molecule is CC1(C)C(/C=C/C2=C(c3ccc(CCC(=O)NCCCCC4NC(=O)[C@@H](Cc5ccccc5)NC(=O)[C@H](CC(=O)O)NC(=O)CNC(=O)[C@H](CCCNC(=N)N)NC4=O)cc3)C(=C/C=C3/N(CCCCSOOO)c4ccc(C(=O)NCC(O)C(O)C(O)C(O)CO)cc4C3(C)C)/CCC2)=[N+](CCCCSOOO)c2ccc(C(=O)NCC(O)C(O)C(O)C(O)CO)cc21. The fourth-order valence-corrected chi connectivity index (χ4v) is 16.7. The first-order valence-electron chi connectivity index (χ1n) is 42.8. The number of nitrogens with one attached hydrogen (secondary N) is 10. The fourth-order valence-electron chi connectivity index (χ4n) is 15.8. The van der Waals surface area contributed by atoms with Gasteiger partial charge < -0.3 is 115 Å². The van der Waals surface area contributed by atoms with Crippen LogP contribution in [0.25, 0.3) is 5.57 Å². The first-order valence-corrected chi connectivity index (χ1v) is 44.6. The van der Waals surface area contributed by atoms with Crippen molar-refractivity contribution in [3.05, 3.63) is 171 Å². The van der Waals surface area contributed by atoms with Crippen LogP contribution in [0.4, 0.5) is 11.4 Å². The summed E-state index contributed by atoms with van der Waals surface area (Å²) in [5.41, 5.74) is 14.3. The van der Waals surface area contributed by atoms with Gasteiger partial charge in [-0.2, -0.15) is 4.58 Å². The molecular formula is C88H122N13O26S2+. The number of aliphatic hydroxyl groups is 10. The predicted octanol–water partition coefficient (Wildman–Crippen LogP) is 1.16. The summed E-state index contributed by atoms with van der Waals surface area (Å²) in [5, 5.41) is 168. The molecule has 39 nitrogen and oxygen atoms in total. The zero-order valence-electron chi connectivity index (χ0n) is 72.4. The molecule has 4 aromatic rings. The van der Waals surface area contributed by atoms with Gasteiger partial charge in [0.1, 0.15) is 67.3 Å². The van der Waals surface area contributed by atoms with Crippen molar-refractivity contribution in [2.24, 2.45) is 5.73 Å². The lowest BCUT2D eigenvalue weighted by atomic mass is 9.79. The van der Waals surface area contributed by atoms with Gasteiger partial charge in [-0.1, -0.05) is 90.7 Å². The number of carbonyl (C=O) groups is 9. The molecule has 8 rings (SSSR count). The first kappa shape index (κ1) is 104. The summed E-state index contributed by atoms with van der Waals surface area (Å²) in [5.74, 6) is -6.75. The molecule has 129 heavy (non-hydrogen) atoms. The van der Waals surface area contributed by atoms with Crippen LogP contribution in [0, 0.1) is 5.41 Å². The number of rotatable bonds is 48. The Morgan fingerprint density at radius 3 is 1.78 bits per heavy atom. The molecule has 25 N–H and O–H groups in total. The van der Waals surface area contributed by atoms with E-state index in [1.54, 1.807) is 54.6 Å². The molecule has 8 amide bonds. The molecule has 1 aliphatic carbocycles. The van der Waals surface area contributed by atoms with Crippen molar-refractivity contribution in [3.63, 3.8) is 0 Å². The van der Waals surface area contributed by atoms with Crippen molar-refractivity contribution in [1.82, 2.24) is 47.9 Å². The highest BCUT2D eigenvalue weighted by atomic mass is 32.2. The third-order valence-electron chi connectivity index (χ3n) is 22.9. The Bertz CT molecular complexity index is 4650. The van der Waals surface area contributed by atoms with Gasteiger partial charge in [0.2, 0.25) is 41.1 Å². The zero-order valence-corrected chi connectivity index (χ0v) is 74.0. The molecule has 1 saturated heterocycles. The van der Waals surface area contributed by atoms with E-state index in [2.05, 4.69) is 100 Å². The van der Waals surface area contributed by atoms with Crippen molar-refractivity contribution in [2.45, 2.75) is 214 Å². The second kappa shape index (κ2) is 51.5. The van der Waals surface area contributed by atoms with Gasteiger partial charge in [-0.25, -0.2) is 10.5 Å². The van der Waals surface area contributed by atoms with Crippen LogP contribution in [0.3, 0.4) is 0 Å². The number of nitrogens with zero attached hydrogens (tertiary/aromatic N) is 2. The van der Waals surface area contributed by atoms with Crippen LogP contribution in [0.1, 0.15) is 166 Å². The molecule has 3 heterocycles. The number of anilines is 1. The van der Waals surface area contributed by atoms with Crippen molar-refractivity contribution >= 4 is 106 Å². The van der Waals surface area contributed by atoms with Crippen LogP contribution in [0.15, 0.2) is 132 Å². The molecule has 41 heteroatoms. The first-order chi connectivity index (χ1) is 61.6. The van der Waals surface area contributed by atoms with Gasteiger partial charge in [-0.05, 0) is 166 Å². The summed E-state index contributed by atoms with van der Waals surface area (Å²) >= 11 is 1.86. The normalized spacial score (nSPS) is 20.3. The minimum atomic E-state index is -1.91. The number of carbonyl (C=O) groups excluding carboxylic acids is 8. The van der Waals surface area contributed by atoms with E-state index in [4.69, 9.17) is 21.7 Å². The number of carboxylic acids is 1. The third-order valence-corrected chi connectivity index (χ3v) is 24.2. The Kier molecular flexibility index (Phi) is 41.6. The van der Waals surface area contributed by atoms with E-state index >= 15 is 0 Å². The summed E-state index contributed by atoms with van der Waals surface area (Å²) in [6, 6.07) is 21.2. The maximum Gasteiger partial charge on any atom is 0.305 e. The number of amides is 8. The second-order valence-corrected chi connectivity index (χ2v) is 34.5. The van der Waals surface area contributed by atoms with Crippen molar-refractivity contribution in [3.8, 4) is 0 Å². The van der Waals surface area contributed by atoms with Crippen LogP contribution >= 0.6 is 24.1 Å². The number of nitrogens with two attached hydrogens (primary N) is 1. The molecule has 4 aromatic carbocycles. The van der Waals surface area contributed by atoms with Gasteiger partial charge in [0, 0.05) is 133 Å². The topological polar surface area (TPSA) is 618 Å². The Labute approximate surface area is 755 Å². The lowest BCUT2D eigenvalue weighted by molar-refractivity contribution is -0.438. The van der Waals surface area contributed by atoms with Gasteiger partial charge in [0.15, 0.2) is 11.7 Å². The van der Waals surface area contributed by atoms with Gasteiger partial charge in [0.05, 0.1) is 43.8 Å². The molecule has 0 bridgehead atoms. The van der Waals surface area contributed by atoms with E-state index in [0.717, 1.165) is 85.8 Å². The lowest BCUT2D eigenvalue weighted by Crippen LogP contribution is -2.58. The molecule has 12 atom stereocenters. The van der Waals surface area contributed by atoms with Gasteiger partial charge in [0.25, 0.3) is 11.8 Å². The summed E-state index contributed by atoms with van der Waals surface area (Å²) in [6.07, 6.45) is -1.74. The number of benzene rings is 4. The molecule has 1 fully saturated rings. The second-order valence-electron chi connectivity index (χ2n) is 32.9. The van der Waals surface area contributed by atoms with Gasteiger partial charge in [-0.15, -0.1) is 8.67 Å². The smallest absolute Gasteiger partial charge is 0.305 e. The minimum absolute atomic E-state index is 0.0302. The zero-order chi connectivity index (χ0) is 94.1. The average molecular weight is 1840 g/mol. The van der Waals surface area contributed by atoms with Crippen LogP contribution in [0.2, 0.25) is 0 Å². The van der Waals surface area contributed by atoms with E-state index in [9.17, 15) is 99.3 Å². The number of carboxylic acid groups (broad SMARTS) is 1. The molecule has 3 aliphatic heterocycles. The highest BCUT2D eigenvalue weighted by molar-refractivity contribution is 7.94. The monoisotopic (exact) mass is 1840 g/mol. The van der Waals surface area contributed by atoms with E-state index < -0.39 is 170 Å². The van der Waals surface area contributed by atoms with E-state index in [1.807, 2.05) is 64.1 Å². The largest absolute Gasteiger partial charge is 0.481 e. The van der Waals surface area contributed by atoms with E-state index in [-0.39, 0.29) is 74.6 Å². The molecule has 4 aliphatic rings. The number of aliphatic carboxylic acids is 1. The number of unbranched alkanes of at least 4 members (excludes halogenated alkanes) is 3. The van der Waals surface area contributed by atoms with Crippen LogP contribution < -0.4 is 58.5 Å². The lowest BCUT2D eigenvalue weighted by Gasteiger charge is -2.28. The molecule has 9 unspecified atom stereocenters. The maximum atomic E-state index is 14.4. The summed E-state index contributed by atoms with van der Waals surface area (Å²) in [6.45, 7) is 5.85. The maximum absolute atomic E-state index is 14.4. The quantitative estimate of drug-likeness (QED) is 0.00561. The molecular weight excluding hydrogens is 1720 g/mol. The summed E-state index contributed by atoms with van der Waals surface area (Å²) in [4.78, 5) is 125. The summed E-state index contributed by atoms with van der Waals surface area (Å²) in [7, 11) is 0. The van der Waals surface area contributed by atoms with Crippen molar-refractivity contribution in [1.29, 1.82) is 5.41 Å². The average Bonchev–Trinajstić information content (AvgIpc) is 1.59. The van der Waals surface area contributed by atoms with Crippen molar-refractivity contribution < 1.29 is 133 Å². The minimum Gasteiger partial charge on any atom is -0.481 e. The summed E-state index contributed by atoms with van der Waals surface area (Å²) < 4.78 is 11.5. The highest BCUT2D eigenvalue weighted by Gasteiger charge is 2.46. The Balaban J connectivity index is 1.10. The standard InChI is InChI=1S/C88H121N13O26S2/c1-87(2)58-43-56(80(116)93-46-66(104)76(112)78(114)68(106)49-102)27-31-64(58)100(38-10-12-40-128-126-124-122)70(87)33-29-53-18-14-19-54(30-34-71-88(3,4)59-44-57(28-32-65(59)101(71)39-11-13-41-129-127-125-123)81(117)94-47-67(105)77(113)79(115)69(107)50-103)75(53)55-25-22-51(23-26-55)24-35-72(108)91-36-9-8-20-61-83(119)97-60(21-15-37-92-86(89)90)82(118)95-48-73(109)96-63(45-74(110)111)85(121)99-62(84(120)98-61)42-52-16-6-5-7-17-52/h5-7,16-17,22-23,25-34,43-44,60-63,66-69,76-79,102-107,112-115H,8-15,18-21,24,35-42,45-50H2,1-4H3,(H14-,89,90,91,92,93,94,95,96,97,98,99,108,109,110,111,116,117,118,119,120,121,122,123)/p+1/t60-,61?,62+,63-,66?,67?,68?,69?,76?,77?,78?,79?/m0/s1. The third kappa shape index (κ3) is 30.2. The molecule has 0 spiro atoms. The Morgan fingerprint density at radius 1 is 0.605 bits per heavy atom. The van der Waals surface area contributed by atoms with E-state index in [0.29, 0.717) is 87.9 Å². The van der Waals surface area contributed by atoms with Crippen LogP contribution in [0.5, 0.6) is 0 Å².